The Labute approximate surface area is 110 Å². The van der Waals surface area contributed by atoms with Crippen molar-refractivity contribution in [2.45, 2.75) is 0 Å². The molecule has 0 saturated carbocycles. The van der Waals surface area contributed by atoms with Gasteiger partial charge in [-0.2, -0.15) is 5.10 Å². The van der Waals surface area contributed by atoms with E-state index in [2.05, 4.69) is 15.1 Å². The Morgan fingerprint density at radius 3 is 3.05 bits per heavy atom. The van der Waals surface area contributed by atoms with Crippen LogP contribution in [0.15, 0.2) is 53.8 Å². The Morgan fingerprint density at radius 1 is 1.26 bits per heavy atom. The number of imidazole rings is 1. The van der Waals surface area contributed by atoms with Crippen molar-refractivity contribution in [2.75, 3.05) is 7.11 Å². The summed E-state index contributed by atoms with van der Waals surface area (Å²) in [6.07, 6.45) is 5.26. The normalized spacial score (nSPS) is 11.2. The molecule has 0 saturated heterocycles. The molecule has 2 heterocycles. The van der Waals surface area contributed by atoms with Gasteiger partial charge in [-0.1, -0.05) is 6.07 Å². The van der Waals surface area contributed by atoms with Gasteiger partial charge in [0.1, 0.15) is 11.4 Å². The highest BCUT2D eigenvalue weighted by Gasteiger charge is 1.98. The third-order valence-electron chi connectivity index (χ3n) is 2.65. The summed E-state index contributed by atoms with van der Waals surface area (Å²) >= 11 is 0. The molecular weight excluding hydrogens is 240 g/mol. The summed E-state index contributed by atoms with van der Waals surface area (Å²) in [5.41, 5.74) is 2.39. The smallest absolute Gasteiger partial charge is 0.154 e. The second kappa shape index (κ2) is 4.89. The van der Waals surface area contributed by atoms with Crippen LogP contribution in [0.2, 0.25) is 0 Å². The highest BCUT2D eigenvalue weighted by Crippen LogP contribution is 2.19. The monoisotopic (exact) mass is 252 g/mol. The van der Waals surface area contributed by atoms with Crippen LogP contribution in [-0.2, 0) is 0 Å². The van der Waals surface area contributed by atoms with Crippen molar-refractivity contribution < 1.29 is 4.74 Å². The summed E-state index contributed by atoms with van der Waals surface area (Å²) in [5.74, 6) is 0.784. The summed E-state index contributed by atoms with van der Waals surface area (Å²) in [7, 11) is 1.64. The van der Waals surface area contributed by atoms with Gasteiger partial charge in [-0.25, -0.2) is 9.50 Å². The summed E-state index contributed by atoms with van der Waals surface area (Å²) < 4.78 is 6.87. The van der Waals surface area contributed by atoms with Gasteiger partial charge in [0.05, 0.1) is 25.2 Å². The first-order chi connectivity index (χ1) is 9.35. The molecular formula is C14H12N4O. The molecule has 0 fully saturated rings. The molecule has 1 aromatic carbocycles. The molecule has 0 unspecified atom stereocenters. The second-order valence-corrected chi connectivity index (χ2v) is 3.95. The van der Waals surface area contributed by atoms with Gasteiger partial charge in [-0.15, -0.1) is 0 Å². The van der Waals surface area contributed by atoms with E-state index in [9.17, 15) is 0 Å². The Kier molecular flexibility index (Phi) is 2.94. The van der Waals surface area contributed by atoms with Gasteiger partial charge < -0.3 is 4.74 Å². The zero-order valence-corrected chi connectivity index (χ0v) is 10.4. The maximum Gasteiger partial charge on any atom is 0.154 e. The number of hydrogen-bond donors (Lipinski definition) is 0. The SMILES string of the molecule is COc1cccc(/N=C/c2cn3ncccc3n2)c1. The fourth-order valence-corrected chi connectivity index (χ4v) is 1.74. The number of aromatic nitrogens is 3. The lowest BCUT2D eigenvalue weighted by Gasteiger charge is -1.98. The van der Waals surface area contributed by atoms with E-state index in [1.165, 1.54) is 0 Å². The van der Waals surface area contributed by atoms with Crippen molar-refractivity contribution in [2.24, 2.45) is 4.99 Å². The molecule has 3 aromatic rings. The highest BCUT2D eigenvalue weighted by atomic mass is 16.5. The zero-order valence-electron chi connectivity index (χ0n) is 10.4. The molecule has 5 nitrogen and oxygen atoms in total. The van der Waals surface area contributed by atoms with Crippen LogP contribution in [0, 0.1) is 0 Å². The lowest BCUT2D eigenvalue weighted by Crippen LogP contribution is -1.85. The van der Waals surface area contributed by atoms with Gasteiger partial charge in [0.15, 0.2) is 5.65 Å². The van der Waals surface area contributed by atoms with Gasteiger partial charge in [0.25, 0.3) is 0 Å². The van der Waals surface area contributed by atoms with E-state index < -0.39 is 0 Å². The van der Waals surface area contributed by atoms with Gasteiger partial charge in [0.2, 0.25) is 0 Å². The van der Waals surface area contributed by atoms with Crippen LogP contribution in [0.25, 0.3) is 5.65 Å². The second-order valence-electron chi connectivity index (χ2n) is 3.95. The molecule has 0 atom stereocenters. The predicted molar refractivity (Wildman–Crippen MR) is 73.2 cm³/mol. The van der Waals surface area contributed by atoms with Crippen LogP contribution in [0.4, 0.5) is 5.69 Å². The topological polar surface area (TPSA) is 51.8 Å². The summed E-state index contributed by atoms with van der Waals surface area (Å²) in [5, 5.41) is 4.16. The van der Waals surface area contributed by atoms with Crippen LogP contribution in [0.5, 0.6) is 5.75 Å². The molecule has 19 heavy (non-hydrogen) atoms. The molecule has 0 amide bonds. The minimum Gasteiger partial charge on any atom is -0.497 e. The van der Waals surface area contributed by atoms with Gasteiger partial charge in [-0.05, 0) is 24.3 Å². The largest absolute Gasteiger partial charge is 0.497 e. The maximum atomic E-state index is 5.15. The van der Waals surface area contributed by atoms with Crippen LogP contribution in [-0.4, -0.2) is 27.9 Å². The van der Waals surface area contributed by atoms with Gasteiger partial charge >= 0.3 is 0 Å². The molecule has 2 aromatic heterocycles. The molecule has 0 aliphatic heterocycles. The predicted octanol–water partition coefficient (Wildman–Crippen LogP) is 2.49. The van der Waals surface area contributed by atoms with E-state index >= 15 is 0 Å². The summed E-state index contributed by atoms with van der Waals surface area (Å²) in [6.45, 7) is 0. The fraction of sp³-hybridized carbons (Fsp3) is 0.0714. The zero-order chi connectivity index (χ0) is 13.1. The highest BCUT2D eigenvalue weighted by molar-refractivity contribution is 5.80. The van der Waals surface area contributed by atoms with Gasteiger partial charge in [0, 0.05) is 12.3 Å². The van der Waals surface area contributed by atoms with Gasteiger partial charge in [-0.3, -0.25) is 4.99 Å². The van der Waals surface area contributed by atoms with Crippen LogP contribution >= 0.6 is 0 Å². The molecule has 0 aliphatic rings. The standard InChI is InChI=1S/C14H12N4O/c1-19-13-5-2-4-11(8-13)15-9-12-10-18-14(17-12)6-3-7-16-18/h2-10H,1H3/b15-9+. The number of rotatable bonds is 3. The van der Waals surface area contributed by atoms with E-state index in [1.54, 1.807) is 24.0 Å². The molecule has 0 spiro atoms. The molecule has 0 aliphatic carbocycles. The molecule has 94 valence electrons. The Bertz CT molecular complexity index is 700. The lowest BCUT2D eigenvalue weighted by molar-refractivity contribution is 0.415. The Balaban J connectivity index is 1.88. The first-order valence-corrected chi connectivity index (χ1v) is 5.84. The molecule has 5 heteroatoms. The first kappa shape index (κ1) is 11.4. The first-order valence-electron chi connectivity index (χ1n) is 5.84. The van der Waals surface area contributed by atoms with E-state index in [0.717, 1.165) is 22.8 Å². The average molecular weight is 252 g/mol. The molecule has 0 bridgehead atoms. The Morgan fingerprint density at radius 2 is 2.21 bits per heavy atom. The number of ether oxygens (including phenoxy) is 1. The van der Waals surface area contributed by atoms with Crippen molar-refractivity contribution >= 4 is 17.5 Å². The Hall–Kier alpha value is -2.69. The van der Waals surface area contributed by atoms with E-state index in [0.29, 0.717) is 0 Å². The molecule has 3 rings (SSSR count). The van der Waals surface area contributed by atoms with Crippen LogP contribution < -0.4 is 4.74 Å². The number of nitrogens with zero attached hydrogens (tertiary/aromatic N) is 4. The number of methoxy groups -OCH3 is 1. The van der Waals surface area contributed by atoms with Crippen molar-refractivity contribution in [3.05, 3.63) is 54.5 Å². The quantitative estimate of drug-likeness (QED) is 0.673. The number of aliphatic imine (C=N–C) groups is 1. The maximum absolute atomic E-state index is 5.15. The number of hydrogen-bond acceptors (Lipinski definition) is 4. The van der Waals surface area contributed by atoms with E-state index in [1.807, 2.05) is 42.6 Å². The fourth-order valence-electron chi connectivity index (χ4n) is 1.74. The third-order valence-corrected chi connectivity index (χ3v) is 2.65. The number of fused-ring (bicyclic) bond motifs is 1. The minimum atomic E-state index is 0.765. The minimum absolute atomic E-state index is 0.765. The van der Waals surface area contributed by atoms with Crippen LogP contribution in [0.3, 0.4) is 0 Å². The number of benzene rings is 1. The summed E-state index contributed by atoms with van der Waals surface area (Å²) in [4.78, 5) is 8.76. The van der Waals surface area contributed by atoms with E-state index in [4.69, 9.17) is 4.74 Å². The van der Waals surface area contributed by atoms with Crippen molar-refractivity contribution in [1.29, 1.82) is 0 Å². The van der Waals surface area contributed by atoms with E-state index in [-0.39, 0.29) is 0 Å². The van der Waals surface area contributed by atoms with Crippen LogP contribution in [0.1, 0.15) is 5.69 Å². The van der Waals surface area contributed by atoms with Crippen molar-refractivity contribution in [3.63, 3.8) is 0 Å². The lowest BCUT2D eigenvalue weighted by atomic mass is 10.3. The summed E-state index contributed by atoms with van der Waals surface area (Å²) in [6, 6.07) is 11.3. The average Bonchev–Trinajstić information content (AvgIpc) is 2.88. The molecule has 0 radical (unpaired) electrons. The third kappa shape index (κ3) is 2.44. The molecule has 0 N–H and O–H groups in total. The van der Waals surface area contributed by atoms with Crippen molar-refractivity contribution in [1.82, 2.24) is 14.6 Å². The van der Waals surface area contributed by atoms with Crippen molar-refractivity contribution in [3.8, 4) is 5.75 Å².